The molecule has 0 bridgehead atoms. The van der Waals surface area contributed by atoms with Crippen molar-refractivity contribution in [2.75, 3.05) is 82.2 Å². The average molecular weight is 513 g/mol. The van der Waals surface area contributed by atoms with E-state index >= 15 is 0 Å². The van der Waals surface area contributed by atoms with Crippen molar-refractivity contribution in [2.24, 2.45) is 5.41 Å². The van der Waals surface area contributed by atoms with Gasteiger partial charge in [-0.3, -0.25) is 9.59 Å². The molecule has 1 unspecified atom stereocenters. The third-order valence-electron chi connectivity index (χ3n) is 5.23. The molecular weight excluding hydrogens is 463 g/mol. The normalized spacial score (nSPS) is 13.3. The molecule has 0 heterocycles. The summed E-state index contributed by atoms with van der Waals surface area (Å²) in [6, 6.07) is 0. The summed E-state index contributed by atoms with van der Waals surface area (Å²) in [7, 11) is 14.2. The summed E-state index contributed by atoms with van der Waals surface area (Å²) in [4.78, 5) is 24.8. The minimum Gasteiger partial charge on any atom is -0.382 e. The van der Waals surface area contributed by atoms with Gasteiger partial charge in [0.1, 0.15) is 19.6 Å². The number of nitrogens with one attached hydrogen (secondary N) is 1. The maximum absolute atomic E-state index is 12.5. The molecule has 0 saturated carbocycles. The van der Waals surface area contributed by atoms with Crippen LogP contribution in [0, 0.1) is 5.41 Å². The molecule has 0 aromatic rings. The minimum absolute atomic E-state index is 0. The fourth-order valence-corrected chi connectivity index (χ4v) is 3.08. The van der Waals surface area contributed by atoms with E-state index in [0.717, 1.165) is 6.42 Å². The van der Waals surface area contributed by atoms with Gasteiger partial charge >= 0.3 is 0 Å². The minimum atomic E-state index is -0.394. The third kappa shape index (κ3) is 18.0. The van der Waals surface area contributed by atoms with Crippen LogP contribution in [0.4, 0.5) is 0 Å². The van der Waals surface area contributed by atoms with Gasteiger partial charge < -0.3 is 23.9 Å². The summed E-state index contributed by atoms with van der Waals surface area (Å²) in [5, 5.41) is 13.3. The van der Waals surface area contributed by atoms with E-state index in [1.54, 1.807) is 0 Å². The summed E-state index contributed by atoms with van der Waals surface area (Å²) in [5.74, 6) is 0.207. The molecule has 0 radical (unpaired) electrons. The Morgan fingerprint density at radius 2 is 1.39 bits per heavy atom. The number of likely N-dealkylation sites (N-methyl/N-ethyl adjacent to an activating group) is 3. The number of carbonyl (C=O) groups excluding carboxylic acids is 2. The Labute approximate surface area is 209 Å². The second-order valence-electron chi connectivity index (χ2n) is 11.3. The maximum Gasteiger partial charge on any atom is 0.229 e. The van der Waals surface area contributed by atoms with Crippen molar-refractivity contribution in [1.82, 2.24) is 5.32 Å². The Hall–Kier alpha value is -0.150. The van der Waals surface area contributed by atoms with Gasteiger partial charge in [0.25, 0.3) is 0 Å². The summed E-state index contributed by atoms with van der Waals surface area (Å²) < 4.78 is 1.76. The quantitative estimate of drug-likeness (QED) is 0.293. The number of aliphatic hydroxyl groups excluding tert-OH is 1. The van der Waals surface area contributed by atoms with Crippen molar-refractivity contribution in [3.8, 4) is 0 Å². The molecule has 0 aromatic carbocycles. The molecular formula is C21H50Cl3N4O3+3. The van der Waals surface area contributed by atoms with Gasteiger partial charge in [0.2, 0.25) is 5.91 Å². The highest BCUT2D eigenvalue weighted by Gasteiger charge is 2.29. The Balaban J connectivity index is -0.00000121. The standard InChI is InChI=1S/C21H46N4O3.3ClH/c1-11-21(2,3)20(28)22-17-25(9,10)15-18(26)12-13-24(7,8)16-19(27)14-23(4,5)6;;;/h19,27H,11-17H2,1-10H3;3*1H/q+2;;;/p+1. The van der Waals surface area contributed by atoms with E-state index in [1.807, 2.05) is 34.9 Å². The fraction of sp³-hybridized carbons (Fsp3) is 0.905. The Bertz CT molecular complexity index is 536. The molecule has 0 aliphatic carbocycles. The van der Waals surface area contributed by atoms with E-state index in [-0.39, 0.29) is 48.9 Å². The molecule has 0 fully saturated rings. The van der Waals surface area contributed by atoms with Crippen LogP contribution in [0.3, 0.4) is 0 Å². The van der Waals surface area contributed by atoms with Crippen molar-refractivity contribution in [3.05, 3.63) is 0 Å². The molecule has 7 nitrogen and oxygen atoms in total. The van der Waals surface area contributed by atoms with Crippen LogP contribution in [0.15, 0.2) is 0 Å². The number of Topliss-reactive ketones (excluding diaryl/α,β-unsaturated/α-hetero) is 1. The molecule has 10 heteroatoms. The zero-order valence-corrected chi connectivity index (χ0v) is 23.8. The first-order chi connectivity index (χ1) is 12.4. The van der Waals surface area contributed by atoms with Gasteiger partial charge in [-0.15, -0.1) is 37.2 Å². The first-order valence-corrected chi connectivity index (χ1v) is 10.3. The molecule has 1 atom stereocenters. The van der Waals surface area contributed by atoms with Gasteiger partial charge in [0.15, 0.2) is 18.6 Å². The number of ketones is 1. The average Bonchev–Trinajstić information content (AvgIpc) is 2.47. The lowest BCUT2D eigenvalue weighted by Crippen LogP contribution is -2.54. The number of rotatable bonds is 13. The highest BCUT2D eigenvalue weighted by atomic mass is 35.5. The van der Waals surface area contributed by atoms with Crippen molar-refractivity contribution in [2.45, 2.75) is 39.7 Å². The van der Waals surface area contributed by atoms with Gasteiger partial charge in [0, 0.05) is 5.41 Å². The van der Waals surface area contributed by atoms with Gasteiger partial charge in [-0.05, 0) is 6.42 Å². The van der Waals surface area contributed by atoms with E-state index in [4.69, 9.17) is 0 Å². The Kier molecular flexibility index (Phi) is 18.3. The number of hydrogen-bond acceptors (Lipinski definition) is 3. The van der Waals surface area contributed by atoms with Crippen molar-refractivity contribution >= 4 is 48.9 Å². The Morgan fingerprint density at radius 1 is 0.903 bits per heavy atom. The predicted octanol–water partition coefficient (Wildman–Crippen LogP) is 1.94. The lowest BCUT2D eigenvalue weighted by atomic mass is 9.89. The topological polar surface area (TPSA) is 66.4 Å². The zero-order valence-electron chi connectivity index (χ0n) is 21.4. The van der Waals surface area contributed by atoms with Crippen LogP contribution in [0.5, 0.6) is 0 Å². The second kappa shape index (κ2) is 14.9. The third-order valence-corrected chi connectivity index (χ3v) is 5.23. The molecule has 2 N–H and O–H groups in total. The summed E-state index contributed by atoms with van der Waals surface area (Å²) in [5.41, 5.74) is -0.391. The van der Waals surface area contributed by atoms with Crippen LogP contribution in [-0.4, -0.2) is 119 Å². The number of nitrogens with zero attached hydrogens (tertiary/aromatic N) is 3. The lowest BCUT2D eigenvalue weighted by Gasteiger charge is -2.35. The molecule has 0 rings (SSSR count). The number of carbonyl (C=O) groups is 2. The first kappa shape index (κ1) is 38.1. The fourth-order valence-electron chi connectivity index (χ4n) is 3.08. The smallest absolute Gasteiger partial charge is 0.229 e. The number of hydrogen-bond donors (Lipinski definition) is 2. The van der Waals surface area contributed by atoms with Crippen LogP contribution in [-0.2, 0) is 9.59 Å². The van der Waals surface area contributed by atoms with E-state index in [1.165, 1.54) is 0 Å². The zero-order chi connectivity index (χ0) is 22.4. The van der Waals surface area contributed by atoms with Crippen molar-refractivity contribution in [3.63, 3.8) is 0 Å². The second-order valence-corrected chi connectivity index (χ2v) is 11.3. The van der Waals surface area contributed by atoms with Gasteiger partial charge in [-0.1, -0.05) is 20.8 Å². The molecule has 0 saturated heterocycles. The predicted molar refractivity (Wildman–Crippen MR) is 136 cm³/mol. The van der Waals surface area contributed by atoms with Crippen LogP contribution >= 0.6 is 37.2 Å². The van der Waals surface area contributed by atoms with E-state index < -0.39 is 11.5 Å². The maximum atomic E-state index is 12.5. The lowest BCUT2D eigenvalue weighted by molar-refractivity contribution is -0.907. The molecule has 0 aromatic heterocycles. The monoisotopic (exact) mass is 511 g/mol. The highest BCUT2D eigenvalue weighted by molar-refractivity contribution is 5.86. The van der Waals surface area contributed by atoms with E-state index in [0.29, 0.717) is 52.7 Å². The highest BCUT2D eigenvalue weighted by Crippen LogP contribution is 2.19. The van der Waals surface area contributed by atoms with Gasteiger partial charge in [-0.25, -0.2) is 0 Å². The first-order valence-electron chi connectivity index (χ1n) is 10.3. The van der Waals surface area contributed by atoms with Crippen LogP contribution in [0.1, 0.15) is 33.6 Å². The van der Waals surface area contributed by atoms with Crippen molar-refractivity contribution in [1.29, 1.82) is 0 Å². The molecule has 0 aliphatic rings. The number of aliphatic hydroxyl groups is 1. The van der Waals surface area contributed by atoms with Gasteiger partial charge in [-0.2, -0.15) is 0 Å². The van der Waals surface area contributed by atoms with Crippen LogP contribution in [0.2, 0.25) is 0 Å². The molecule has 1 amide bonds. The summed E-state index contributed by atoms with van der Waals surface area (Å²) in [6.07, 6.45) is 0.854. The largest absolute Gasteiger partial charge is 0.382 e. The van der Waals surface area contributed by atoms with E-state index in [2.05, 4.69) is 40.6 Å². The molecule has 31 heavy (non-hydrogen) atoms. The summed E-state index contributed by atoms with van der Waals surface area (Å²) >= 11 is 0. The van der Waals surface area contributed by atoms with Gasteiger partial charge in [0.05, 0.1) is 62.3 Å². The summed E-state index contributed by atoms with van der Waals surface area (Å²) in [6.45, 7) is 8.70. The van der Waals surface area contributed by atoms with E-state index in [9.17, 15) is 14.7 Å². The molecule has 0 aliphatic heterocycles. The molecule has 0 spiro atoms. The number of amides is 1. The van der Waals surface area contributed by atoms with Crippen molar-refractivity contribution < 1.29 is 28.1 Å². The SMILES string of the molecule is CCC(C)(C)C(=O)NC[N+](C)(C)CC(=O)CC[N+](C)(C)CC(O)C[N+](C)(C)C.Cl.Cl.Cl. The van der Waals surface area contributed by atoms with Crippen LogP contribution in [0.25, 0.3) is 0 Å². The number of halogens is 3. The molecule has 190 valence electrons. The van der Waals surface area contributed by atoms with Crippen LogP contribution < -0.4 is 5.32 Å². The number of quaternary nitrogens is 3. The Morgan fingerprint density at radius 3 is 1.81 bits per heavy atom.